The molecule has 2 aromatic rings. The molecule has 0 saturated carbocycles. The van der Waals surface area contributed by atoms with Crippen LogP contribution in [0.15, 0.2) is 46.9 Å². The van der Waals surface area contributed by atoms with Gasteiger partial charge in [-0.25, -0.2) is 0 Å². The summed E-state index contributed by atoms with van der Waals surface area (Å²) in [6.45, 7) is 10.3. The van der Waals surface area contributed by atoms with Crippen LogP contribution in [0.2, 0.25) is 0 Å². The van der Waals surface area contributed by atoms with Crippen molar-refractivity contribution in [1.82, 2.24) is 4.90 Å². The molecule has 1 aliphatic carbocycles. The fourth-order valence-electron chi connectivity index (χ4n) is 4.12. The molecule has 0 aliphatic heterocycles. The van der Waals surface area contributed by atoms with Crippen molar-refractivity contribution in [3.8, 4) is 0 Å². The molecule has 0 fully saturated rings. The van der Waals surface area contributed by atoms with Crippen molar-refractivity contribution in [2.24, 2.45) is 5.92 Å². The van der Waals surface area contributed by atoms with Crippen LogP contribution >= 0.6 is 15.9 Å². The largest absolute Gasteiger partial charge is 0.304 e. The smallest absolute Gasteiger partial charge is 0.0175 e. The second kappa shape index (κ2) is 7.84. The normalized spacial score (nSPS) is 19.7. The topological polar surface area (TPSA) is 3.24 Å². The highest BCUT2D eigenvalue weighted by molar-refractivity contribution is 9.10. The highest BCUT2D eigenvalue weighted by atomic mass is 79.9. The summed E-state index contributed by atoms with van der Waals surface area (Å²) in [6.07, 6.45) is 2.49. The van der Waals surface area contributed by atoms with Gasteiger partial charge < -0.3 is 4.90 Å². The van der Waals surface area contributed by atoms with Crippen LogP contribution in [-0.4, -0.2) is 24.5 Å². The van der Waals surface area contributed by atoms with Crippen molar-refractivity contribution in [2.75, 3.05) is 19.6 Å². The number of hydrogen-bond acceptors (Lipinski definition) is 1. The van der Waals surface area contributed by atoms with Gasteiger partial charge in [0.2, 0.25) is 0 Å². The number of hydrogen-bond donors (Lipinski definition) is 0. The van der Waals surface area contributed by atoms with Crippen molar-refractivity contribution in [1.29, 1.82) is 0 Å². The number of benzene rings is 2. The molecule has 0 N–H and O–H groups in total. The SMILES string of the molecule is CCN(CC)CC[C@@H]1Cc2ccc(C)cc2[C@H]1c1ccc(Br)cc1. The Bertz CT molecular complexity index is 673. The average molecular weight is 386 g/mol. The van der Waals surface area contributed by atoms with E-state index in [1.54, 1.807) is 11.1 Å². The zero-order chi connectivity index (χ0) is 17.1. The Morgan fingerprint density at radius 2 is 1.75 bits per heavy atom. The van der Waals surface area contributed by atoms with Crippen LogP contribution in [0.5, 0.6) is 0 Å². The predicted molar refractivity (Wildman–Crippen MR) is 107 cm³/mol. The zero-order valence-electron chi connectivity index (χ0n) is 15.1. The number of nitrogens with zero attached hydrogens (tertiary/aromatic N) is 1. The van der Waals surface area contributed by atoms with E-state index in [9.17, 15) is 0 Å². The van der Waals surface area contributed by atoms with Gasteiger partial charge in [-0.15, -0.1) is 0 Å². The Labute approximate surface area is 155 Å². The van der Waals surface area contributed by atoms with E-state index >= 15 is 0 Å². The van der Waals surface area contributed by atoms with Crippen molar-refractivity contribution < 1.29 is 0 Å². The van der Waals surface area contributed by atoms with Gasteiger partial charge in [0.25, 0.3) is 0 Å². The van der Waals surface area contributed by atoms with E-state index in [4.69, 9.17) is 0 Å². The third-order valence-electron chi connectivity index (χ3n) is 5.53. The maximum absolute atomic E-state index is 3.57. The minimum atomic E-state index is 0.545. The third-order valence-corrected chi connectivity index (χ3v) is 6.06. The summed E-state index contributed by atoms with van der Waals surface area (Å²) >= 11 is 3.57. The van der Waals surface area contributed by atoms with E-state index in [-0.39, 0.29) is 0 Å². The van der Waals surface area contributed by atoms with E-state index in [1.807, 2.05) is 0 Å². The maximum atomic E-state index is 3.57. The average Bonchev–Trinajstić information content (AvgIpc) is 2.94. The Balaban J connectivity index is 1.89. The molecule has 2 aromatic carbocycles. The molecule has 0 saturated heterocycles. The number of rotatable bonds is 6. The third kappa shape index (κ3) is 3.75. The van der Waals surface area contributed by atoms with Gasteiger partial charge in [-0.3, -0.25) is 0 Å². The summed E-state index contributed by atoms with van der Waals surface area (Å²) in [7, 11) is 0. The molecule has 2 atom stereocenters. The van der Waals surface area contributed by atoms with Gasteiger partial charge in [0.05, 0.1) is 0 Å². The lowest BCUT2D eigenvalue weighted by atomic mass is 9.84. The second-order valence-corrected chi connectivity index (χ2v) is 7.93. The lowest BCUT2D eigenvalue weighted by Crippen LogP contribution is -2.26. The molecule has 2 heteroatoms. The standard InChI is InChI=1S/C22H28BrN/c1-4-24(5-2)13-12-19-15-18-7-6-16(3)14-21(18)22(19)17-8-10-20(23)11-9-17/h6-11,14,19,22H,4-5,12-13,15H2,1-3H3/t19-,22+/m1/s1. The van der Waals surface area contributed by atoms with Gasteiger partial charge in [-0.05, 0) is 74.1 Å². The van der Waals surface area contributed by atoms with Crippen LogP contribution in [-0.2, 0) is 6.42 Å². The summed E-state index contributed by atoms with van der Waals surface area (Å²) in [5, 5.41) is 0. The second-order valence-electron chi connectivity index (χ2n) is 7.01. The molecule has 0 unspecified atom stereocenters. The van der Waals surface area contributed by atoms with E-state index in [0.29, 0.717) is 11.8 Å². The molecular weight excluding hydrogens is 358 g/mol. The summed E-state index contributed by atoms with van der Waals surface area (Å²) in [5.41, 5.74) is 5.95. The van der Waals surface area contributed by atoms with Crippen molar-refractivity contribution in [3.63, 3.8) is 0 Å². The fourth-order valence-corrected chi connectivity index (χ4v) is 4.39. The quantitative estimate of drug-likeness (QED) is 0.607. The van der Waals surface area contributed by atoms with Crippen LogP contribution < -0.4 is 0 Å². The molecule has 0 spiro atoms. The number of fused-ring (bicyclic) bond motifs is 1. The Morgan fingerprint density at radius 3 is 2.42 bits per heavy atom. The van der Waals surface area contributed by atoms with E-state index in [0.717, 1.165) is 17.6 Å². The van der Waals surface area contributed by atoms with Crippen LogP contribution in [0.4, 0.5) is 0 Å². The maximum Gasteiger partial charge on any atom is 0.0175 e. The Kier molecular flexibility index (Phi) is 5.78. The molecule has 24 heavy (non-hydrogen) atoms. The van der Waals surface area contributed by atoms with E-state index < -0.39 is 0 Å². The molecule has 0 radical (unpaired) electrons. The Morgan fingerprint density at radius 1 is 1.04 bits per heavy atom. The zero-order valence-corrected chi connectivity index (χ0v) is 16.6. The molecule has 0 heterocycles. The first kappa shape index (κ1) is 17.7. The minimum absolute atomic E-state index is 0.545. The van der Waals surface area contributed by atoms with Gasteiger partial charge >= 0.3 is 0 Å². The molecule has 128 valence electrons. The fraction of sp³-hybridized carbons (Fsp3) is 0.455. The number of halogens is 1. The molecular formula is C22H28BrN. The summed E-state index contributed by atoms with van der Waals surface area (Å²) < 4.78 is 1.16. The highest BCUT2D eigenvalue weighted by Crippen LogP contribution is 2.44. The van der Waals surface area contributed by atoms with E-state index in [2.05, 4.69) is 84.1 Å². The highest BCUT2D eigenvalue weighted by Gasteiger charge is 2.33. The van der Waals surface area contributed by atoms with Crippen LogP contribution in [0.1, 0.15) is 48.4 Å². The van der Waals surface area contributed by atoms with Gasteiger partial charge in [0.15, 0.2) is 0 Å². The summed E-state index contributed by atoms with van der Waals surface area (Å²) in [6, 6.07) is 16.0. The first-order valence-corrected chi connectivity index (χ1v) is 9.99. The van der Waals surface area contributed by atoms with Crippen LogP contribution in [0, 0.1) is 12.8 Å². The molecule has 0 amide bonds. The van der Waals surface area contributed by atoms with Crippen molar-refractivity contribution in [3.05, 3.63) is 69.2 Å². The van der Waals surface area contributed by atoms with Crippen LogP contribution in [0.25, 0.3) is 0 Å². The minimum Gasteiger partial charge on any atom is -0.304 e. The predicted octanol–water partition coefficient (Wildman–Crippen LogP) is 5.79. The first-order valence-electron chi connectivity index (χ1n) is 9.19. The van der Waals surface area contributed by atoms with E-state index in [1.165, 1.54) is 30.5 Å². The van der Waals surface area contributed by atoms with Gasteiger partial charge in [0, 0.05) is 10.4 Å². The molecule has 0 bridgehead atoms. The monoisotopic (exact) mass is 385 g/mol. The molecule has 3 rings (SSSR count). The first-order chi connectivity index (χ1) is 11.6. The number of aryl methyl sites for hydroxylation is 1. The lowest BCUT2D eigenvalue weighted by Gasteiger charge is -2.25. The molecule has 1 nitrogen and oxygen atoms in total. The lowest BCUT2D eigenvalue weighted by molar-refractivity contribution is 0.271. The Hall–Kier alpha value is -1.12. The molecule has 1 aliphatic rings. The summed E-state index contributed by atoms with van der Waals surface area (Å²) in [5.74, 6) is 1.26. The van der Waals surface area contributed by atoms with Gasteiger partial charge in [-0.1, -0.05) is 65.7 Å². The van der Waals surface area contributed by atoms with Crippen molar-refractivity contribution >= 4 is 15.9 Å². The van der Waals surface area contributed by atoms with Crippen LogP contribution in [0.3, 0.4) is 0 Å². The summed E-state index contributed by atoms with van der Waals surface area (Å²) in [4.78, 5) is 2.55. The molecule has 0 aromatic heterocycles. The van der Waals surface area contributed by atoms with Gasteiger partial charge in [-0.2, -0.15) is 0 Å². The van der Waals surface area contributed by atoms with Gasteiger partial charge in [0.1, 0.15) is 0 Å². The van der Waals surface area contributed by atoms with Crippen molar-refractivity contribution in [2.45, 2.75) is 39.5 Å².